The number of ether oxygens (including phenoxy) is 1. The molecule has 1 aromatic carbocycles. The molecule has 1 N–H and O–H groups in total. The van der Waals surface area contributed by atoms with Crippen molar-refractivity contribution in [3.63, 3.8) is 0 Å². The molecule has 1 rings (SSSR count). The van der Waals surface area contributed by atoms with Gasteiger partial charge in [0.25, 0.3) is 0 Å². The fourth-order valence-corrected chi connectivity index (χ4v) is 1.97. The maximum atomic E-state index is 9.74. The van der Waals surface area contributed by atoms with Gasteiger partial charge in [-0.1, -0.05) is 48.0 Å². The van der Waals surface area contributed by atoms with Crippen molar-refractivity contribution in [1.29, 1.82) is 0 Å². The minimum Gasteiger partial charge on any atom is -0.493 e. The Balaban J connectivity index is 2.49. The highest BCUT2D eigenvalue weighted by Gasteiger charge is 2.27. The Morgan fingerprint density at radius 2 is 1.93 bits per heavy atom. The molecule has 1 atom stereocenters. The lowest BCUT2D eigenvalue weighted by atomic mass is 9.89. The molecule has 0 heterocycles. The van der Waals surface area contributed by atoms with Crippen molar-refractivity contribution in [3.8, 4) is 5.75 Å². The van der Waals surface area contributed by atoms with E-state index in [1.807, 2.05) is 44.2 Å². The van der Waals surface area contributed by atoms with E-state index in [-0.39, 0.29) is 5.41 Å². The summed E-state index contributed by atoms with van der Waals surface area (Å²) in [6.45, 7) is 4.48. The third kappa shape index (κ3) is 3.84. The zero-order chi connectivity index (χ0) is 11.3. The quantitative estimate of drug-likeness (QED) is 0.836. The molecule has 2 nitrogen and oxygen atoms in total. The van der Waals surface area contributed by atoms with Gasteiger partial charge in [0, 0.05) is 10.7 Å². The molecule has 1 aromatic rings. The summed E-state index contributed by atoms with van der Waals surface area (Å²) < 4.78 is 5.61. The fraction of sp³-hybridized carbons (Fsp3) is 0.500. The first-order valence-electron chi connectivity index (χ1n) is 4.98. The predicted molar refractivity (Wildman–Crippen MR) is 65.5 cm³/mol. The van der Waals surface area contributed by atoms with Gasteiger partial charge >= 0.3 is 0 Å². The molecule has 1 unspecified atom stereocenters. The van der Waals surface area contributed by atoms with E-state index in [1.165, 1.54) is 0 Å². The number of benzene rings is 1. The molecular weight excluding hydrogens is 256 g/mol. The number of para-hydroxylation sites is 1. The Morgan fingerprint density at radius 3 is 2.47 bits per heavy atom. The molecule has 3 heteroatoms. The Hall–Kier alpha value is -0.540. The van der Waals surface area contributed by atoms with E-state index in [9.17, 15) is 5.11 Å². The van der Waals surface area contributed by atoms with Gasteiger partial charge in [-0.2, -0.15) is 0 Å². The first kappa shape index (κ1) is 12.5. The van der Waals surface area contributed by atoms with E-state index in [1.54, 1.807) is 0 Å². The van der Waals surface area contributed by atoms with E-state index in [0.29, 0.717) is 11.9 Å². The van der Waals surface area contributed by atoms with Crippen LogP contribution in [-0.2, 0) is 0 Å². The number of halogens is 1. The minimum atomic E-state index is -0.402. The highest BCUT2D eigenvalue weighted by molar-refractivity contribution is 9.09. The van der Waals surface area contributed by atoms with Crippen LogP contribution >= 0.6 is 15.9 Å². The van der Waals surface area contributed by atoms with Gasteiger partial charge in [-0.25, -0.2) is 0 Å². The van der Waals surface area contributed by atoms with Crippen LogP contribution in [0.4, 0.5) is 0 Å². The third-order valence-electron chi connectivity index (χ3n) is 2.40. The van der Waals surface area contributed by atoms with Crippen LogP contribution in [0.2, 0.25) is 0 Å². The molecule has 0 aromatic heterocycles. The van der Waals surface area contributed by atoms with E-state index < -0.39 is 6.10 Å². The Kier molecular flexibility index (Phi) is 4.61. The van der Waals surface area contributed by atoms with Crippen molar-refractivity contribution in [2.24, 2.45) is 5.41 Å². The highest BCUT2D eigenvalue weighted by Crippen LogP contribution is 2.23. The normalized spacial score (nSPS) is 13.6. The van der Waals surface area contributed by atoms with E-state index in [4.69, 9.17) is 4.74 Å². The molecule has 0 aliphatic rings. The number of alkyl halides is 1. The lowest BCUT2D eigenvalue weighted by molar-refractivity contribution is 0.0324. The van der Waals surface area contributed by atoms with Gasteiger partial charge in [0.15, 0.2) is 0 Å². The van der Waals surface area contributed by atoms with Crippen molar-refractivity contribution in [2.45, 2.75) is 20.0 Å². The second-order valence-corrected chi connectivity index (χ2v) is 4.91. The number of aliphatic hydroxyl groups excluding tert-OH is 1. The van der Waals surface area contributed by atoms with Crippen LogP contribution < -0.4 is 4.74 Å². The number of aliphatic hydroxyl groups is 1. The van der Waals surface area contributed by atoms with Crippen molar-refractivity contribution in [3.05, 3.63) is 30.3 Å². The van der Waals surface area contributed by atoms with Gasteiger partial charge in [-0.05, 0) is 12.1 Å². The lowest BCUT2D eigenvalue weighted by Gasteiger charge is -2.29. The van der Waals surface area contributed by atoms with Crippen molar-refractivity contribution in [1.82, 2.24) is 0 Å². The molecule has 15 heavy (non-hydrogen) atoms. The lowest BCUT2D eigenvalue weighted by Crippen LogP contribution is -2.36. The summed E-state index contributed by atoms with van der Waals surface area (Å²) in [6, 6.07) is 9.64. The van der Waals surface area contributed by atoms with Crippen LogP contribution in [0.3, 0.4) is 0 Å². The van der Waals surface area contributed by atoms with Crippen LogP contribution in [0.5, 0.6) is 5.75 Å². The molecule has 0 saturated carbocycles. The first-order valence-corrected chi connectivity index (χ1v) is 6.10. The van der Waals surface area contributed by atoms with Crippen LogP contribution in [0, 0.1) is 5.41 Å². The van der Waals surface area contributed by atoms with Crippen LogP contribution in [0.1, 0.15) is 13.8 Å². The molecule has 0 bridgehead atoms. The standard InChI is InChI=1S/C12H17BrO2/c1-12(2,11(14)8-13)9-15-10-6-4-3-5-7-10/h3-7,11,14H,8-9H2,1-2H3. The Labute approximate surface area is 99.4 Å². The second kappa shape index (κ2) is 5.52. The van der Waals surface area contributed by atoms with Crippen molar-refractivity contribution in [2.75, 3.05) is 11.9 Å². The number of hydrogen-bond acceptors (Lipinski definition) is 2. The summed E-state index contributed by atoms with van der Waals surface area (Å²) in [5, 5.41) is 10.3. The Morgan fingerprint density at radius 1 is 1.33 bits per heavy atom. The zero-order valence-electron chi connectivity index (χ0n) is 9.11. The molecule has 0 radical (unpaired) electrons. The van der Waals surface area contributed by atoms with Gasteiger partial charge in [0.1, 0.15) is 5.75 Å². The van der Waals surface area contributed by atoms with E-state index >= 15 is 0 Å². The molecule has 0 amide bonds. The summed E-state index contributed by atoms with van der Waals surface area (Å²) in [4.78, 5) is 0. The highest BCUT2D eigenvalue weighted by atomic mass is 79.9. The fourth-order valence-electron chi connectivity index (χ4n) is 1.09. The topological polar surface area (TPSA) is 29.5 Å². The van der Waals surface area contributed by atoms with E-state index in [2.05, 4.69) is 15.9 Å². The van der Waals surface area contributed by atoms with Crippen molar-refractivity contribution < 1.29 is 9.84 Å². The van der Waals surface area contributed by atoms with Gasteiger partial charge in [-0.15, -0.1) is 0 Å². The summed E-state index contributed by atoms with van der Waals surface area (Å²) in [5.74, 6) is 0.840. The molecule has 0 spiro atoms. The number of hydrogen-bond donors (Lipinski definition) is 1. The van der Waals surface area contributed by atoms with Gasteiger partial charge in [0.05, 0.1) is 12.7 Å². The Bertz CT molecular complexity index is 285. The van der Waals surface area contributed by atoms with Crippen molar-refractivity contribution >= 4 is 15.9 Å². The monoisotopic (exact) mass is 272 g/mol. The maximum absolute atomic E-state index is 9.74. The van der Waals surface area contributed by atoms with Crippen LogP contribution in [-0.4, -0.2) is 23.1 Å². The third-order valence-corrected chi connectivity index (χ3v) is 3.02. The first-order chi connectivity index (χ1) is 7.06. The van der Waals surface area contributed by atoms with Gasteiger partial charge in [0.2, 0.25) is 0 Å². The predicted octanol–water partition coefficient (Wildman–Crippen LogP) is 2.85. The second-order valence-electron chi connectivity index (χ2n) is 4.26. The van der Waals surface area contributed by atoms with Crippen LogP contribution in [0.25, 0.3) is 0 Å². The summed E-state index contributed by atoms with van der Waals surface area (Å²) in [7, 11) is 0. The molecular formula is C12H17BrO2. The van der Waals surface area contributed by atoms with Gasteiger partial charge in [-0.3, -0.25) is 0 Å². The zero-order valence-corrected chi connectivity index (χ0v) is 10.7. The minimum absolute atomic E-state index is 0.251. The SMILES string of the molecule is CC(C)(COc1ccccc1)C(O)CBr. The number of rotatable bonds is 5. The molecule has 0 aliphatic carbocycles. The van der Waals surface area contributed by atoms with E-state index in [0.717, 1.165) is 5.75 Å². The van der Waals surface area contributed by atoms with Crippen LogP contribution in [0.15, 0.2) is 30.3 Å². The molecule has 0 saturated heterocycles. The summed E-state index contributed by atoms with van der Waals surface area (Å²) in [5.41, 5.74) is -0.251. The maximum Gasteiger partial charge on any atom is 0.119 e. The molecule has 0 fully saturated rings. The average Bonchev–Trinajstić information content (AvgIpc) is 2.27. The largest absolute Gasteiger partial charge is 0.493 e. The molecule has 0 aliphatic heterocycles. The average molecular weight is 273 g/mol. The molecule has 84 valence electrons. The van der Waals surface area contributed by atoms with Gasteiger partial charge < -0.3 is 9.84 Å². The summed E-state index contributed by atoms with van der Waals surface area (Å²) in [6.07, 6.45) is -0.402. The smallest absolute Gasteiger partial charge is 0.119 e. The summed E-state index contributed by atoms with van der Waals surface area (Å²) >= 11 is 3.27.